The zero-order chi connectivity index (χ0) is 24.7. The number of halogens is 3. The van der Waals surface area contributed by atoms with E-state index in [1.165, 1.54) is 36.4 Å². The van der Waals surface area contributed by atoms with E-state index in [2.05, 4.69) is 5.32 Å². The first-order valence-electron chi connectivity index (χ1n) is 10.5. The van der Waals surface area contributed by atoms with Crippen LogP contribution < -0.4 is 10.2 Å². The lowest BCUT2D eigenvalue weighted by Gasteiger charge is -2.27. The van der Waals surface area contributed by atoms with Crippen molar-refractivity contribution in [2.24, 2.45) is 0 Å². The largest absolute Gasteiger partial charge is 0.343 e. The number of nitrogens with one attached hydrogen (secondary N) is 1. The summed E-state index contributed by atoms with van der Waals surface area (Å²) >= 11 is 12.1. The van der Waals surface area contributed by atoms with Gasteiger partial charge >= 0.3 is 6.03 Å². The summed E-state index contributed by atoms with van der Waals surface area (Å²) in [5.74, 6) is -1.90. The van der Waals surface area contributed by atoms with Crippen molar-refractivity contribution in [1.82, 2.24) is 9.88 Å². The molecule has 3 aromatic carbocycles. The van der Waals surface area contributed by atoms with Crippen molar-refractivity contribution < 1.29 is 18.8 Å². The highest BCUT2D eigenvalue weighted by Gasteiger charge is 2.37. The number of carbonyl (C=O) groups excluding carboxylic acids is 3. The summed E-state index contributed by atoms with van der Waals surface area (Å²) in [4.78, 5) is 38.9. The molecule has 0 atom stereocenters. The molecule has 1 aliphatic rings. The first-order chi connectivity index (χ1) is 16.8. The number of hydrogen-bond acceptors (Lipinski definition) is 3. The molecule has 35 heavy (non-hydrogen) atoms. The van der Waals surface area contributed by atoms with E-state index >= 15 is 0 Å². The maximum absolute atomic E-state index is 13.5. The average Bonchev–Trinajstić information content (AvgIpc) is 3.20. The summed E-state index contributed by atoms with van der Waals surface area (Å²) < 4.78 is 15.5. The smallest absolute Gasteiger partial charge is 0.335 e. The van der Waals surface area contributed by atoms with Crippen molar-refractivity contribution in [1.29, 1.82) is 0 Å². The molecule has 1 fully saturated rings. The second-order valence-electron chi connectivity index (χ2n) is 7.95. The van der Waals surface area contributed by atoms with Gasteiger partial charge in [0.2, 0.25) is 0 Å². The first kappa shape index (κ1) is 22.8. The fraction of sp³-hybridized carbons (Fsp3) is 0.0385. The zero-order valence-electron chi connectivity index (χ0n) is 18.0. The third-order valence-corrected chi connectivity index (χ3v) is 6.14. The molecule has 0 radical (unpaired) electrons. The predicted octanol–water partition coefficient (Wildman–Crippen LogP) is 5.80. The molecule has 1 N–H and O–H groups in total. The van der Waals surface area contributed by atoms with E-state index in [4.69, 9.17) is 23.2 Å². The standard InChI is InChI=1S/C26H16Cl2FN3O3/c27-18-5-7-23(21(28)13-18)32-25(34)20(24(33)30-26(32)35)12-15-4-6-22-17(10-15)8-9-31(22)14-16-2-1-3-19(29)11-16/h1-13H,14H2,(H,30,33,35)/b20-12-. The molecule has 2 heterocycles. The molecular weight excluding hydrogens is 492 g/mol. The van der Waals surface area contributed by atoms with Crippen LogP contribution in [0.5, 0.6) is 0 Å². The third-order valence-electron chi connectivity index (χ3n) is 5.60. The molecule has 174 valence electrons. The number of benzene rings is 3. The molecule has 4 aromatic rings. The van der Waals surface area contributed by atoms with Gasteiger partial charge in [-0.1, -0.05) is 41.4 Å². The molecule has 0 bridgehead atoms. The Balaban J connectivity index is 1.47. The molecule has 1 saturated heterocycles. The van der Waals surface area contributed by atoms with Gasteiger partial charge in [0.1, 0.15) is 11.4 Å². The molecule has 1 aromatic heterocycles. The maximum Gasteiger partial charge on any atom is 0.335 e. The molecule has 1 aliphatic heterocycles. The van der Waals surface area contributed by atoms with Crippen molar-refractivity contribution in [3.63, 3.8) is 0 Å². The number of imide groups is 2. The van der Waals surface area contributed by atoms with Crippen LogP contribution in [0.1, 0.15) is 11.1 Å². The minimum atomic E-state index is -0.897. The van der Waals surface area contributed by atoms with Gasteiger partial charge in [-0.05, 0) is 65.7 Å². The Hall–Kier alpha value is -3.94. The van der Waals surface area contributed by atoms with Crippen LogP contribution in [0.2, 0.25) is 10.0 Å². The Kier molecular flexibility index (Phi) is 5.88. The van der Waals surface area contributed by atoms with Gasteiger partial charge in [-0.25, -0.2) is 14.1 Å². The van der Waals surface area contributed by atoms with Crippen molar-refractivity contribution in [3.8, 4) is 0 Å². The van der Waals surface area contributed by atoms with Crippen LogP contribution in [0.25, 0.3) is 17.0 Å². The Morgan fingerprint density at radius 3 is 2.54 bits per heavy atom. The topological polar surface area (TPSA) is 71.4 Å². The predicted molar refractivity (Wildman–Crippen MR) is 133 cm³/mol. The number of anilines is 1. The van der Waals surface area contributed by atoms with Crippen molar-refractivity contribution in [3.05, 3.63) is 105 Å². The van der Waals surface area contributed by atoms with Crippen LogP contribution in [0.4, 0.5) is 14.9 Å². The molecule has 0 saturated carbocycles. The monoisotopic (exact) mass is 507 g/mol. The molecule has 9 heteroatoms. The summed E-state index contributed by atoms with van der Waals surface area (Å²) in [6.07, 6.45) is 3.30. The van der Waals surface area contributed by atoms with Crippen LogP contribution in [0.15, 0.2) is 78.5 Å². The number of nitrogens with zero attached hydrogens (tertiary/aromatic N) is 2. The Labute approximate surface area is 209 Å². The fourth-order valence-corrected chi connectivity index (χ4v) is 4.48. The molecule has 0 spiro atoms. The highest BCUT2D eigenvalue weighted by Crippen LogP contribution is 2.31. The second-order valence-corrected chi connectivity index (χ2v) is 8.79. The minimum absolute atomic E-state index is 0.0933. The van der Waals surface area contributed by atoms with E-state index in [9.17, 15) is 18.8 Å². The number of carbonyl (C=O) groups is 3. The van der Waals surface area contributed by atoms with E-state index in [1.54, 1.807) is 12.1 Å². The molecule has 0 aliphatic carbocycles. The number of barbiturate groups is 1. The van der Waals surface area contributed by atoms with E-state index in [-0.39, 0.29) is 22.1 Å². The number of rotatable bonds is 4. The Bertz CT molecular complexity index is 1560. The third kappa shape index (κ3) is 4.43. The molecular formula is C26H16Cl2FN3O3. The first-order valence-corrected chi connectivity index (χ1v) is 11.3. The van der Waals surface area contributed by atoms with Gasteiger partial charge in [0, 0.05) is 28.7 Å². The molecule has 0 unspecified atom stereocenters. The van der Waals surface area contributed by atoms with Crippen molar-refractivity contribution in [2.45, 2.75) is 6.54 Å². The number of hydrogen-bond donors (Lipinski definition) is 1. The number of amides is 4. The SMILES string of the molecule is O=C1NC(=O)N(c2ccc(Cl)cc2Cl)C(=O)/C1=C\c1ccc2c(ccn2Cc2cccc(F)c2)c1. The van der Waals surface area contributed by atoms with Crippen LogP contribution in [0, 0.1) is 5.82 Å². The Morgan fingerprint density at radius 1 is 0.943 bits per heavy atom. The fourth-order valence-electron chi connectivity index (χ4n) is 3.98. The molecule has 5 rings (SSSR count). The van der Waals surface area contributed by atoms with Crippen LogP contribution in [-0.2, 0) is 16.1 Å². The highest BCUT2D eigenvalue weighted by molar-refractivity contribution is 6.42. The van der Waals surface area contributed by atoms with Gasteiger partial charge in [0.05, 0.1) is 10.7 Å². The van der Waals surface area contributed by atoms with E-state index in [1.807, 2.05) is 35.0 Å². The van der Waals surface area contributed by atoms with Crippen LogP contribution >= 0.6 is 23.2 Å². The van der Waals surface area contributed by atoms with Gasteiger partial charge in [0.15, 0.2) is 0 Å². The normalized spacial score (nSPS) is 15.2. The quantitative estimate of drug-likeness (QED) is 0.280. The van der Waals surface area contributed by atoms with Gasteiger partial charge in [-0.2, -0.15) is 0 Å². The van der Waals surface area contributed by atoms with Gasteiger partial charge < -0.3 is 4.57 Å². The summed E-state index contributed by atoms with van der Waals surface area (Å²) in [5, 5.41) is 3.48. The van der Waals surface area contributed by atoms with Crippen molar-refractivity contribution in [2.75, 3.05) is 4.90 Å². The van der Waals surface area contributed by atoms with E-state index in [0.717, 1.165) is 21.4 Å². The number of aromatic nitrogens is 1. The summed E-state index contributed by atoms with van der Waals surface area (Å²) in [6.45, 7) is 0.488. The lowest BCUT2D eigenvalue weighted by Crippen LogP contribution is -2.54. The second kappa shape index (κ2) is 9.02. The Morgan fingerprint density at radius 2 is 1.77 bits per heavy atom. The summed E-state index contributed by atoms with van der Waals surface area (Å²) in [5.41, 5.74) is 2.22. The lowest BCUT2D eigenvalue weighted by atomic mass is 10.1. The lowest BCUT2D eigenvalue weighted by molar-refractivity contribution is -0.122. The van der Waals surface area contributed by atoms with E-state index in [0.29, 0.717) is 17.1 Å². The maximum atomic E-state index is 13.5. The summed E-state index contributed by atoms with van der Waals surface area (Å²) in [6, 6.07) is 17.1. The zero-order valence-corrected chi connectivity index (χ0v) is 19.5. The van der Waals surface area contributed by atoms with Gasteiger partial charge in [0.25, 0.3) is 11.8 Å². The molecule has 4 amide bonds. The minimum Gasteiger partial charge on any atom is -0.343 e. The molecule has 6 nitrogen and oxygen atoms in total. The van der Waals surface area contributed by atoms with Gasteiger partial charge in [-0.15, -0.1) is 0 Å². The number of urea groups is 1. The van der Waals surface area contributed by atoms with Crippen molar-refractivity contribution >= 4 is 63.7 Å². The van der Waals surface area contributed by atoms with Gasteiger partial charge in [-0.3, -0.25) is 14.9 Å². The van der Waals surface area contributed by atoms with Crippen LogP contribution in [0.3, 0.4) is 0 Å². The number of fused-ring (bicyclic) bond motifs is 1. The summed E-state index contributed by atoms with van der Waals surface area (Å²) in [7, 11) is 0. The van der Waals surface area contributed by atoms with E-state index < -0.39 is 17.8 Å². The average molecular weight is 508 g/mol. The highest BCUT2D eigenvalue weighted by atomic mass is 35.5. The van der Waals surface area contributed by atoms with Crippen LogP contribution in [-0.4, -0.2) is 22.4 Å².